The average Bonchev–Trinajstić information content (AvgIpc) is 3.20. The van der Waals surface area contributed by atoms with Gasteiger partial charge in [-0.15, -0.1) is 0 Å². The van der Waals surface area contributed by atoms with Gasteiger partial charge in [-0.1, -0.05) is 30.7 Å². The highest BCUT2D eigenvalue weighted by molar-refractivity contribution is 6.00. The van der Waals surface area contributed by atoms with Gasteiger partial charge in [0, 0.05) is 41.2 Å². The van der Waals surface area contributed by atoms with E-state index in [0.29, 0.717) is 11.8 Å². The minimum absolute atomic E-state index is 0.0954. The second kappa shape index (κ2) is 9.23. The number of methoxy groups -OCH3 is 1. The molecule has 4 rings (SSSR count). The molecule has 1 amide bonds. The Morgan fingerprint density at radius 1 is 1.19 bits per heavy atom. The van der Waals surface area contributed by atoms with E-state index in [4.69, 9.17) is 9.15 Å². The zero-order valence-electron chi connectivity index (χ0n) is 19.8. The molecule has 1 atom stereocenters. The van der Waals surface area contributed by atoms with Crippen molar-refractivity contribution in [1.82, 2.24) is 4.90 Å². The van der Waals surface area contributed by atoms with E-state index < -0.39 is 0 Å². The largest absolute Gasteiger partial charge is 0.496 e. The molecule has 0 radical (unpaired) electrons. The second-order valence-corrected chi connectivity index (χ2v) is 8.93. The molecule has 2 aromatic carbocycles. The van der Waals surface area contributed by atoms with Crippen LogP contribution in [0.2, 0.25) is 0 Å². The quantitative estimate of drug-likeness (QED) is 0.412. The minimum atomic E-state index is 0.0954. The Balaban J connectivity index is 1.75. The summed E-state index contributed by atoms with van der Waals surface area (Å²) in [7, 11) is 1.66. The van der Waals surface area contributed by atoms with Gasteiger partial charge in [-0.05, 0) is 69.2 Å². The van der Waals surface area contributed by atoms with E-state index in [1.54, 1.807) is 13.2 Å². The summed E-state index contributed by atoms with van der Waals surface area (Å²) in [6.07, 6.45) is 7.97. The number of furan rings is 1. The van der Waals surface area contributed by atoms with E-state index in [1.807, 2.05) is 24.2 Å². The van der Waals surface area contributed by atoms with Gasteiger partial charge in [-0.25, -0.2) is 0 Å². The lowest BCUT2D eigenvalue weighted by molar-refractivity contribution is -0.129. The number of aryl methyl sites for hydroxylation is 2. The van der Waals surface area contributed by atoms with Gasteiger partial charge < -0.3 is 14.1 Å². The van der Waals surface area contributed by atoms with Crippen LogP contribution in [0.1, 0.15) is 56.2 Å². The molecule has 1 aliphatic rings. The summed E-state index contributed by atoms with van der Waals surface area (Å²) in [4.78, 5) is 15.2. The van der Waals surface area contributed by atoms with E-state index in [1.165, 1.54) is 17.5 Å². The number of ether oxygens (including phenoxy) is 1. The van der Waals surface area contributed by atoms with Crippen molar-refractivity contribution in [2.45, 2.75) is 59.4 Å². The van der Waals surface area contributed by atoms with Gasteiger partial charge in [0.25, 0.3) is 0 Å². The molecule has 1 aromatic heterocycles. The van der Waals surface area contributed by atoms with Crippen LogP contribution in [-0.2, 0) is 4.79 Å². The van der Waals surface area contributed by atoms with E-state index in [9.17, 15) is 4.79 Å². The Morgan fingerprint density at radius 3 is 2.72 bits per heavy atom. The van der Waals surface area contributed by atoms with Crippen LogP contribution in [0.5, 0.6) is 5.75 Å². The Bertz CT molecular complexity index is 1170. The maximum Gasteiger partial charge on any atom is 0.247 e. The molecule has 4 nitrogen and oxygen atoms in total. The second-order valence-electron chi connectivity index (χ2n) is 8.93. The van der Waals surface area contributed by atoms with E-state index in [-0.39, 0.29) is 5.91 Å². The lowest BCUT2D eigenvalue weighted by atomic mass is 9.95. The third-order valence-electron chi connectivity index (χ3n) is 6.71. The molecule has 0 saturated carbocycles. The molecule has 1 aliphatic heterocycles. The number of carbonyl (C=O) groups excluding carboxylic acids is 1. The lowest BCUT2D eigenvalue weighted by Crippen LogP contribution is -2.42. The van der Waals surface area contributed by atoms with Gasteiger partial charge in [0.05, 0.1) is 13.4 Å². The molecule has 1 saturated heterocycles. The predicted molar refractivity (Wildman–Crippen MR) is 131 cm³/mol. The molecular formula is C28H33NO3. The number of allylic oxidation sites excluding steroid dienone is 1. The number of hydrogen-bond acceptors (Lipinski definition) is 3. The van der Waals surface area contributed by atoms with E-state index >= 15 is 0 Å². The van der Waals surface area contributed by atoms with Gasteiger partial charge in [0.2, 0.25) is 5.91 Å². The maximum absolute atomic E-state index is 13.1. The molecule has 168 valence electrons. The van der Waals surface area contributed by atoms with Crippen molar-refractivity contribution in [2.24, 2.45) is 0 Å². The number of fused-ring (bicyclic) bond motifs is 1. The fraction of sp³-hybridized carbons (Fsp3) is 0.393. The van der Waals surface area contributed by atoms with Gasteiger partial charge >= 0.3 is 0 Å². The van der Waals surface area contributed by atoms with Gasteiger partial charge in [-0.2, -0.15) is 0 Å². The fourth-order valence-corrected chi connectivity index (χ4v) is 4.92. The van der Waals surface area contributed by atoms with Crippen LogP contribution >= 0.6 is 0 Å². The summed E-state index contributed by atoms with van der Waals surface area (Å²) < 4.78 is 11.6. The molecule has 0 aliphatic carbocycles. The molecule has 0 spiro atoms. The molecular weight excluding hydrogens is 398 g/mol. The number of likely N-dealkylation sites (tertiary alicyclic amines) is 1. The number of benzene rings is 2. The van der Waals surface area contributed by atoms with Gasteiger partial charge in [-0.3, -0.25) is 4.79 Å². The van der Waals surface area contributed by atoms with Crippen molar-refractivity contribution in [2.75, 3.05) is 13.7 Å². The highest BCUT2D eigenvalue weighted by Crippen LogP contribution is 2.38. The molecule has 0 bridgehead atoms. The molecule has 4 heteroatoms. The lowest BCUT2D eigenvalue weighted by Gasteiger charge is -2.34. The molecule has 1 fully saturated rings. The average molecular weight is 432 g/mol. The molecule has 2 heterocycles. The normalized spacial score (nSPS) is 17.1. The summed E-state index contributed by atoms with van der Waals surface area (Å²) in [6.45, 7) is 9.22. The van der Waals surface area contributed by atoms with E-state index in [0.717, 1.165) is 59.0 Å². The van der Waals surface area contributed by atoms with Crippen molar-refractivity contribution >= 4 is 22.4 Å². The van der Waals surface area contributed by atoms with Crippen LogP contribution in [-0.4, -0.2) is 30.5 Å². The molecule has 0 N–H and O–H groups in total. The van der Waals surface area contributed by atoms with Crippen LogP contribution in [0.25, 0.3) is 27.7 Å². The maximum atomic E-state index is 13.1. The zero-order chi connectivity index (χ0) is 22.8. The van der Waals surface area contributed by atoms with Crippen LogP contribution in [0.3, 0.4) is 0 Å². The Hall–Kier alpha value is -3.01. The Morgan fingerprint density at radius 2 is 2.00 bits per heavy atom. The monoisotopic (exact) mass is 431 g/mol. The zero-order valence-corrected chi connectivity index (χ0v) is 19.8. The summed E-state index contributed by atoms with van der Waals surface area (Å²) in [5, 5.41) is 1.03. The SMILES string of the molecule is CCC1CCCCN1C(=O)/C=C(\C)c1cc2c(-c3ccc(C)cc3C)coc2cc1OC. The van der Waals surface area contributed by atoms with Crippen LogP contribution in [0.15, 0.2) is 47.1 Å². The van der Waals surface area contributed by atoms with Crippen molar-refractivity contribution in [3.8, 4) is 16.9 Å². The smallest absolute Gasteiger partial charge is 0.247 e. The predicted octanol–water partition coefficient (Wildman–Crippen LogP) is 6.92. The highest BCUT2D eigenvalue weighted by atomic mass is 16.5. The first-order valence-corrected chi connectivity index (χ1v) is 11.6. The minimum Gasteiger partial charge on any atom is -0.496 e. The van der Waals surface area contributed by atoms with Crippen LogP contribution in [0.4, 0.5) is 0 Å². The third-order valence-corrected chi connectivity index (χ3v) is 6.71. The summed E-state index contributed by atoms with van der Waals surface area (Å²) in [5.74, 6) is 0.809. The summed E-state index contributed by atoms with van der Waals surface area (Å²) in [6, 6.07) is 10.8. The summed E-state index contributed by atoms with van der Waals surface area (Å²) in [5.41, 5.74) is 7.27. The molecule has 32 heavy (non-hydrogen) atoms. The first-order valence-electron chi connectivity index (χ1n) is 11.6. The Kier molecular flexibility index (Phi) is 6.40. The number of rotatable bonds is 5. The highest BCUT2D eigenvalue weighted by Gasteiger charge is 2.24. The number of amides is 1. The Labute approximate surface area is 190 Å². The van der Waals surface area contributed by atoms with Crippen LogP contribution < -0.4 is 4.74 Å². The first-order chi connectivity index (χ1) is 15.4. The fourth-order valence-electron chi connectivity index (χ4n) is 4.92. The van der Waals surface area contributed by atoms with Gasteiger partial charge in [0.1, 0.15) is 11.3 Å². The third kappa shape index (κ3) is 4.19. The van der Waals surface area contributed by atoms with Crippen molar-refractivity contribution in [3.63, 3.8) is 0 Å². The topological polar surface area (TPSA) is 42.7 Å². The van der Waals surface area contributed by atoms with Crippen molar-refractivity contribution in [3.05, 3.63) is 59.4 Å². The number of piperidine rings is 1. The van der Waals surface area contributed by atoms with Crippen LogP contribution in [0, 0.1) is 13.8 Å². The number of hydrogen-bond donors (Lipinski definition) is 0. The standard InChI is InChI=1S/C28H33NO3/c1-6-21-9-7-8-12-29(21)28(30)14-20(4)23-15-24-25(17-32-27(24)16-26(23)31-5)22-11-10-18(2)13-19(22)3/h10-11,13-17,21H,6-9,12H2,1-5H3/b20-14+. The van der Waals surface area contributed by atoms with Crippen molar-refractivity contribution in [1.29, 1.82) is 0 Å². The van der Waals surface area contributed by atoms with Gasteiger partial charge in [0.15, 0.2) is 0 Å². The van der Waals surface area contributed by atoms with Crippen molar-refractivity contribution < 1.29 is 13.9 Å². The molecule has 1 unspecified atom stereocenters. The number of nitrogens with zero attached hydrogens (tertiary/aromatic N) is 1. The molecule has 3 aromatic rings. The summed E-state index contributed by atoms with van der Waals surface area (Å²) >= 11 is 0. The number of carbonyl (C=O) groups is 1. The first kappa shape index (κ1) is 22.2. The van der Waals surface area contributed by atoms with E-state index in [2.05, 4.69) is 45.0 Å².